The average molecular weight is 399 g/mol. The highest BCUT2D eigenvalue weighted by atomic mass is 35.5. The first kappa shape index (κ1) is 17.8. The fourth-order valence-corrected chi connectivity index (χ4v) is 2.96. The first-order chi connectivity index (χ1) is 12.0. The van der Waals surface area contributed by atoms with E-state index in [2.05, 4.69) is 15.5 Å². The van der Waals surface area contributed by atoms with E-state index in [9.17, 15) is 4.79 Å². The van der Waals surface area contributed by atoms with Crippen LogP contribution in [0.15, 0.2) is 41.6 Å². The minimum Gasteiger partial charge on any atom is -0.381 e. The van der Waals surface area contributed by atoms with Crippen molar-refractivity contribution in [3.8, 4) is 5.69 Å². The van der Waals surface area contributed by atoms with E-state index in [1.165, 1.54) is 6.20 Å². The van der Waals surface area contributed by atoms with Crippen molar-refractivity contribution in [2.75, 3.05) is 11.9 Å². The van der Waals surface area contributed by atoms with Crippen LogP contribution in [0.25, 0.3) is 5.69 Å². The van der Waals surface area contributed by atoms with Crippen LogP contribution in [0.1, 0.15) is 5.56 Å². The minimum absolute atomic E-state index is 0.0395. The number of benzene rings is 1. The van der Waals surface area contributed by atoms with Crippen molar-refractivity contribution >= 4 is 40.5 Å². The lowest BCUT2D eigenvalue weighted by Crippen LogP contribution is -2.23. The van der Waals surface area contributed by atoms with Gasteiger partial charge in [-0.05, 0) is 30.7 Å². The number of rotatable bonds is 5. The maximum absolute atomic E-state index is 12.5. The molecule has 0 aliphatic heterocycles. The number of hydrogen-bond donors (Lipinski definition) is 1. The number of nitrogens with one attached hydrogen (secondary N) is 1. The first-order valence-corrected chi connectivity index (χ1v) is 8.55. The highest BCUT2D eigenvalue weighted by Crippen LogP contribution is 2.24. The maximum atomic E-state index is 12.5. The lowest BCUT2D eigenvalue weighted by molar-refractivity contribution is 0.637. The molecule has 0 radical (unpaired) electrons. The first-order valence-electron chi connectivity index (χ1n) is 7.42. The zero-order valence-electron chi connectivity index (χ0n) is 13.2. The molecule has 2 heterocycles. The topological polar surface area (TPSA) is 64.7 Å². The molecule has 6 nitrogen and oxygen atoms in total. The van der Waals surface area contributed by atoms with Gasteiger partial charge in [-0.15, -0.1) is 0 Å². The van der Waals surface area contributed by atoms with E-state index in [0.717, 1.165) is 10.2 Å². The van der Waals surface area contributed by atoms with Gasteiger partial charge in [-0.3, -0.25) is 9.48 Å². The summed E-state index contributed by atoms with van der Waals surface area (Å²) in [4.78, 5) is 12.5. The number of halogens is 3. The molecule has 0 unspecified atom stereocenters. The summed E-state index contributed by atoms with van der Waals surface area (Å²) in [5.74, 6) is 0. The van der Waals surface area contributed by atoms with Crippen LogP contribution >= 0.6 is 34.8 Å². The standard InChI is InChI=1S/C16H14Cl3N5O/c1-10-7-21-23(9-10)5-4-20-13-8-22-24(16(25)15(13)19)14-3-2-11(17)6-12(14)18/h2-3,6-9,20H,4-5H2,1H3. The molecule has 0 aliphatic carbocycles. The summed E-state index contributed by atoms with van der Waals surface area (Å²) >= 11 is 18.2. The average Bonchev–Trinajstić information content (AvgIpc) is 2.98. The summed E-state index contributed by atoms with van der Waals surface area (Å²) in [6, 6.07) is 4.78. The van der Waals surface area contributed by atoms with E-state index < -0.39 is 5.56 Å². The van der Waals surface area contributed by atoms with E-state index in [-0.39, 0.29) is 5.02 Å². The van der Waals surface area contributed by atoms with Crippen LogP contribution in [-0.4, -0.2) is 26.1 Å². The smallest absolute Gasteiger partial charge is 0.292 e. The predicted molar refractivity (Wildman–Crippen MR) is 100 cm³/mol. The highest BCUT2D eigenvalue weighted by Gasteiger charge is 2.13. The molecule has 3 rings (SSSR count). The Balaban J connectivity index is 1.79. The monoisotopic (exact) mass is 397 g/mol. The van der Waals surface area contributed by atoms with Crippen LogP contribution < -0.4 is 10.9 Å². The molecule has 0 atom stereocenters. The Morgan fingerprint density at radius 2 is 1.96 bits per heavy atom. The summed E-state index contributed by atoms with van der Waals surface area (Å²) in [6.45, 7) is 3.16. The molecule has 0 amide bonds. The van der Waals surface area contributed by atoms with E-state index in [0.29, 0.717) is 34.5 Å². The second kappa shape index (κ2) is 7.47. The molecule has 130 valence electrons. The third-order valence-corrected chi connectivity index (χ3v) is 4.38. The van der Waals surface area contributed by atoms with Crippen molar-refractivity contribution in [1.29, 1.82) is 0 Å². The molecule has 1 aromatic carbocycles. The normalized spacial score (nSPS) is 10.9. The molecule has 0 bridgehead atoms. The molecule has 0 aliphatic rings. The van der Waals surface area contributed by atoms with Gasteiger partial charge in [-0.25, -0.2) is 0 Å². The third kappa shape index (κ3) is 3.98. The van der Waals surface area contributed by atoms with Crippen molar-refractivity contribution in [2.45, 2.75) is 13.5 Å². The molecule has 1 N–H and O–H groups in total. The SMILES string of the molecule is Cc1cnn(CCNc2cnn(-c3ccc(Cl)cc3Cl)c(=O)c2Cl)c1. The van der Waals surface area contributed by atoms with E-state index in [1.807, 2.05) is 13.1 Å². The van der Waals surface area contributed by atoms with Gasteiger partial charge in [0.05, 0.1) is 35.3 Å². The maximum Gasteiger partial charge on any atom is 0.292 e. The molecular formula is C16H14Cl3N5O. The molecular weight excluding hydrogens is 385 g/mol. The van der Waals surface area contributed by atoms with Crippen molar-refractivity contribution in [1.82, 2.24) is 19.6 Å². The van der Waals surface area contributed by atoms with Gasteiger partial charge in [-0.1, -0.05) is 34.8 Å². The molecule has 0 saturated heterocycles. The Bertz CT molecular complexity index is 967. The Morgan fingerprint density at radius 1 is 1.16 bits per heavy atom. The summed E-state index contributed by atoms with van der Waals surface area (Å²) < 4.78 is 2.95. The Morgan fingerprint density at radius 3 is 2.64 bits per heavy atom. The molecule has 0 saturated carbocycles. The number of aryl methyl sites for hydroxylation is 1. The highest BCUT2D eigenvalue weighted by molar-refractivity contribution is 6.36. The number of nitrogens with zero attached hydrogens (tertiary/aromatic N) is 4. The van der Waals surface area contributed by atoms with E-state index in [1.54, 1.807) is 29.1 Å². The van der Waals surface area contributed by atoms with E-state index >= 15 is 0 Å². The van der Waals surface area contributed by atoms with Gasteiger partial charge in [0, 0.05) is 17.8 Å². The fraction of sp³-hybridized carbons (Fsp3) is 0.188. The van der Waals surface area contributed by atoms with Crippen molar-refractivity contribution in [2.24, 2.45) is 0 Å². The van der Waals surface area contributed by atoms with Crippen molar-refractivity contribution in [3.63, 3.8) is 0 Å². The molecule has 0 fully saturated rings. The van der Waals surface area contributed by atoms with Crippen LogP contribution in [0.2, 0.25) is 15.1 Å². The number of hydrogen-bond acceptors (Lipinski definition) is 4. The summed E-state index contributed by atoms with van der Waals surface area (Å²) in [5.41, 5.74) is 1.49. The van der Waals surface area contributed by atoms with Gasteiger partial charge >= 0.3 is 0 Å². The van der Waals surface area contributed by atoms with Crippen molar-refractivity contribution < 1.29 is 0 Å². The molecule has 3 aromatic rings. The molecule has 2 aromatic heterocycles. The zero-order valence-corrected chi connectivity index (χ0v) is 15.5. The van der Waals surface area contributed by atoms with Crippen molar-refractivity contribution in [3.05, 3.63) is 67.8 Å². The molecule has 25 heavy (non-hydrogen) atoms. The van der Waals surface area contributed by atoms with Gasteiger partial charge < -0.3 is 5.32 Å². The molecule has 9 heteroatoms. The summed E-state index contributed by atoms with van der Waals surface area (Å²) in [5, 5.41) is 12.2. The van der Waals surface area contributed by atoms with Crippen LogP contribution in [0, 0.1) is 6.92 Å². The second-order valence-electron chi connectivity index (χ2n) is 5.39. The largest absolute Gasteiger partial charge is 0.381 e. The van der Waals surface area contributed by atoms with Gasteiger partial charge in [0.25, 0.3) is 5.56 Å². The number of aromatic nitrogens is 4. The van der Waals surface area contributed by atoms with Crippen LogP contribution in [-0.2, 0) is 6.54 Å². The molecule has 0 spiro atoms. The van der Waals surface area contributed by atoms with Gasteiger partial charge in [0.2, 0.25) is 0 Å². The third-order valence-electron chi connectivity index (χ3n) is 3.48. The van der Waals surface area contributed by atoms with Crippen LogP contribution in [0.4, 0.5) is 5.69 Å². The zero-order chi connectivity index (χ0) is 18.0. The summed E-state index contributed by atoms with van der Waals surface area (Å²) in [7, 11) is 0. The fourth-order valence-electron chi connectivity index (χ4n) is 2.28. The van der Waals surface area contributed by atoms with Gasteiger partial charge in [0.15, 0.2) is 0 Å². The Labute approximate surface area is 158 Å². The number of anilines is 1. The van der Waals surface area contributed by atoms with Gasteiger partial charge in [-0.2, -0.15) is 14.9 Å². The Kier molecular flexibility index (Phi) is 5.32. The minimum atomic E-state index is -0.467. The summed E-state index contributed by atoms with van der Waals surface area (Å²) in [6.07, 6.45) is 5.20. The Hall–Kier alpha value is -2.02. The lowest BCUT2D eigenvalue weighted by Gasteiger charge is -2.11. The quantitative estimate of drug-likeness (QED) is 0.710. The van der Waals surface area contributed by atoms with Crippen LogP contribution in [0.3, 0.4) is 0 Å². The van der Waals surface area contributed by atoms with Crippen LogP contribution in [0.5, 0.6) is 0 Å². The lowest BCUT2D eigenvalue weighted by atomic mass is 10.3. The predicted octanol–water partition coefficient (Wildman–Crippen LogP) is 3.81. The van der Waals surface area contributed by atoms with E-state index in [4.69, 9.17) is 34.8 Å². The van der Waals surface area contributed by atoms with Gasteiger partial charge in [0.1, 0.15) is 5.02 Å². The second-order valence-corrected chi connectivity index (χ2v) is 6.61.